The molecule has 2 fully saturated rings. The molecule has 6 rings (SSSR count). The maximum Gasteiger partial charge on any atom is 0.229 e. The predicted octanol–water partition coefficient (Wildman–Crippen LogP) is 4.29. The molecule has 0 amide bonds. The zero-order chi connectivity index (χ0) is 28.3. The number of hydrogen-bond donors (Lipinski definition) is 2. The third-order valence-electron chi connectivity index (χ3n) is 8.33. The van der Waals surface area contributed by atoms with Crippen molar-refractivity contribution in [2.45, 2.75) is 26.9 Å². The highest BCUT2D eigenvalue weighted by Crippen LogP contribution is 2.26. The molecule has 2 aliphatic heterocycles. The van der Waals surface area contributed by atoms with E-state index in [0.29, 0.717) is 17.3 Å². The van der Waals surface area contributed by atoms with E-state index in [-0.39, 0.29) is 12.1 Å². The lowest BCUT2D eigenvalue weighted by Crippen LogP contribution is -2.45. The van der Waals surface area contributed by atoms with Crippen LogP contribution in [-0.2, 0) is 13.1 Å². The Morgan fingerprint density at radius 3 is 2.32 bits per heavy atom. The number of halogens is 2. The summed E-state index contributed by atoms with van der Waals surface area (Å²) in [6.07, 6.45) is 3.50. The normalized spacial score (nSPS) is 17.4. The number of benzene rings is 2. The Morgan fingerprint density at radius 1 is 0.878 bits per heavy atom. The van der Waals surface area contributed by atoms with Gasteiger partial charge in [0.15, 0.2) is 0 Å². The van der Waals surface area contributed by atoms with Crippen LogP contribution in [0.1, 0.15) is 23.6 Å². The van der Waals surface area contributed by atoms with Crippen LogP contribution in [0.15, 0.2) is 48.8 Å². The van der Waals surface area contributed by atoms with Gasteiger partial charge < -0.3 is 20.1 Å². The van der Waals surface area contributed by atoms with Crippen molar-refractivity contribution in [3.63, 3.8) is 0 Å². The second kappa shape index (κ2) is 12.2. The lowest BCUT2D eigenvalue weighted by Gasteiger charge is -2.34. The second-order valence-electron chi connectivity index (χ2n) is 11.0. The molecule has 2 aliphatic rings. The molecule has 2 aromatic carbocycles. The topological polar surface area (TPSA) is 64.5 Å². The summed E-state index contributed by atoms with van der Waals surface area (Å²) in [5.41, 5.74) is 4.51. The van der Waals surface area contributed by atoms with Crippen LogP contribution in [0.3, 0.4) is 0 Å². The van der Waals surface area contributed by atoms with Gasteiger partial charge in [-0.25, -0.2) is 13.8 Å². The number of nitrogens with one attached hydrogen (secondary N) is 2. The number of likely N-dealkylation sites (N-methyl/N-ethyl adjacent to an activating group) is 1. The molecule has 41 heavy (non-hydrogen) atoms. The Balaban J connectivity index is 1.21. The van der Waals surface area contributed by atoms with Crippen molar-refractivity contribution in [3.8, 4) is 5.69 Å². The summed E-state index contributed by atoms with van der Waals surface area (Å²) >= 11 is 0. The third-order valence-corrected chi connectivity index (χ3v) is 8.33. The van der Waals surface area contributed by atoms with Gasteiger partial charge in [-0.1, -0.05) is 13.0 Å². The summed E-state index contributed by atoms with van der Waals surface area (Å²) in [6, 6.07) is 10.9. The van der Waals surface area contributed by atoms with Gasteiger partial charge in [0.05, 0.1) is 5.69 Å². The highest BCUT2D eigenvalue weighted by Gasteiger charge is 2.19. The van der Waals surface area contributed by atoms with E-state index in [1.54, 1.807) is 17.0 Å². The fourth-order valence-corrected chi connectivity index (χ4v) is 5.71. The van der Waals surface area contributed by atoms with Crippen LogP contribution in [0.2, 0.25) is 0 Å². The highest BCUT2D eigenvalue weighted by atomic mass is 19.1. The molecule has 0 spiro atoms. The molecule has 8 nitrogen and oxygen atoms in total. The quantitative estimate of drug-likeness (QED) is 0.333. The molecular formula is C31H38F2N8. The van der Waals surface area contributed by atoms with E-state index in [4.69, 9.17) is 4.98 Å². The van der Waals surface area contributed by atoms with Crippen molar-refractivity contribution in [2.75, 3.05) is 64.2 Å². The standard InChI is InChI=1S/C31H38F2N8/c1-3-38-12-14-40(15-13-38)20-24-16-25(5-4-22(24)2)36-31-35-19-23-6-9-41(30(23)37-31)26-17-28(32)27(29(33)18-26)21-39-10-7-34-8-11-39/h4-6,9,16-19,34H,3,7-8,10-15,20-21H2,1-2H3,(H,35,36,37). The molecule has 0 atom stereocenters. The zero-order valence-corrected chi connectivity index (χ0v) is 23.8. The molecule has 0 saturated carbocycles. The molecule has 0 bridgehead atoms. The van der Waals surface area contributed by atoms with Crippen LogP contribution in [0.25, 0.3) is 16.7 Å². The van der Waals surface area contributed by atoms with Crippen molar-refractivity contribution >= 4 is 22.7 Å². The van der Waals surface area contributed by atoms with Crippen LogP contribution in [0.5, 0.6) is 0 Å². The lowest BCUT2D eigenvalue weighted by molar-refractivity contribution is 0.132. The molecule has 0 unspecified atom stereocenters. The molecule has 4 aromatic rings. The first-order valence-corrected chi connectivity index (χ1v) is 14.5. The molecule has 2 saturated heterocycles. The minimum Gasteiger partial charge on any atom is -0.324 e. The van der Waals surface area contributed by atoms with E-state index in [9.17, 15) is 0 Å². The van der Waals surface area contributed by atoms with Crippen LogP contribution >= 0.6 is 0 Å². The van der Waals surface area contributed by atoms with Crippen molar-refractivity contribution in [2.24, 2.45) is 0 Å². The molecule has 2 aromatic heterocycles. The van der Waals surface area contributed by atoms with Crippen LogP contribution in [-0.4, -0.2) is 88.1 Å². The molecule has 10 heteroatoms. The van der Waals surface area contributed by atoms with Crippen molar-refractivity contribution in [3.05, 3.63) is 77.1 Å². The van der Waals surface area contributed by atoms with Crippen LogP contribution in [0.4, 0.5) is 20.4 Å². The summed E-state index contributed by atoms with van der Waals surface area (Å²) in [5, 5.41) is 7.40. The predicted molar refractivity (Wildman–Crippen MR) is 159 cm³/mol. The largest absolute Gasteiger partial charge is 0.324 e. The Kier molecular flexibility index (Phi) is 8.25. The van der Waals surface area contributed by atoms with E-state index >= 15 is 8.78 Å². The fourth-order valence-electron chi connectivity index (χ4n) is 5.71. The van der Waals surface area contributed by atoms with Gasteiger partial charge in [-0.2, -0.15) is 4.98 Å². The van der Waals surface area contributed by atoms with Gasteiger partial charge in [0, 0.05) is 94.5 Å². The van der Waals surface area contributed by atoms with Gasteiger partial charge in [0.2, 0.25) is 5.95 Å². The van der Waals surface area contributed by atoms with Crippen LogP contribution < -0.4 is 10.6 Å². The van der Waals surface area contributed by atoms with E-state index in [2.05, 4.69) is 56.3 Å². The summed E-state index contributed by atoms with van der Waals surface area (Å²) in [5.74, 6) is -0.660. The minimum atomic E-state index is -0.545. The summed E-state index contributed by atoms with van der Waals surface area (Å²) in [6.45, 7) is 14.2. The van der Waals surface area contributed by atoms with Gasteiger partial charge in [0.25, 0.3) is 0 Å². The first-order valence-electron chi connectivity index (χ1n) is 14.5. The molecule has 0 aliphatic carbocycles. The average molecular weight is 561 g/mol. The molecule has 4 heterocycles. The molecule has 2 N–H and O–H groups in total. The molecule has 0 radical (unpaired) electrons. The number of piperazine rings is 2. The van der Waals surface area contributed by atoms with Gasteiger partial charge in [-0.15, -0.1) is 0 Å². The van der Waals surface area contributed by atoms with E-state index in [1.165, 1.54) is 23.3 Å². The lowest BCUT2D eigenvalue weighted by atomic mass is 10.1. The first-order chi connectivity index (χ1) is 20.0. The number of fused-ring (bicyclic) bond motifs is 1. The van der Waals surface area contributed by atoms with Gasteiger partial charge in [-0.05, 0) is 54.9 Å². The monoisotopic (exact) mass is 560 g/mol. The van der Waals surface area contributed by atoms with Crippen molar-refractivity contribution in [1.29, 1.82) is 0 Å². The van der Waals surface area contributed by atoms with Gasteiger partial charge >= 0.3 is 0 Å². The number of nitrogens with zero attached hydrogens (tertiary/aromatic N) is 6. The van der Waals surface area contributed by atoms with Crippen molar-refractivity contribution in [1.82, 2.24) is 34.6 Å². The van der Waals surface area contributed by atoms with E-state index in [1.807, 2.05) is 12.1 Å². The number of rotatable bonds is 8. The summed E-state index contributed by atoms with van der Waals surface area (Å²) < 4.78 is 32.0. The van der Waals surface area contributed by atoms with Gasteiger partial charge in [-0.3, -0.25) is 9.80 Å². The van der Waals surface area contributed by atoms with Crippen LogP contribution in [0, 0.1) is 18.6 Å². The van der Waals surface area contributed by atoms with Crippen molar-refractivity contribution < 1.29 is 8.78 Å². The summed E-state index contributed by atoms with van der Waals surface area (Å²) in [7, 11) is 0. The summed E-state index contributed by atoms with van der Waals surface area (Å²) in [4.78, 5) is 16.3. The Bertz CT molecular complexity index is 1480. The zero-order valence-electron chi connectivity index (χ0n) is 23.8. The number of aromatic nitrogens is 3. The number of hydrogen-bond acceptors (Lipinski definition) is 7. The Hall–Kier alpha value is -3.44. The number of anilines is 2. The van der Waals surface area contributed by atoms with E-state index in [0.717, 1.165) is 76.5 Å². The first kappa shape index (κ1) is 27.7. The Morgan fingerprint density at radius 2 is 1.59 bits per heavy atom. The number of aryl methyl sites for hydroxylation is 1. The molecular weight excluding hydrogens is 522 g/mol. The highest BCUT2D eigenvalue weighted by molar-refractivity contribution is 5.79. The maximum absolute atomic E-state index is 15.2. The minimum absolute atomic E-state index is 0.103. The average Bonchev–Trinajstić information content (AvgIpc) is 3.41. The third kappa shape index (κ3) is 6.25. The second-order valence-corrected chi connectivity index (χ2v) is 11.0. The van der Waals surface area contributed by atoms with E-state index < -0.39 is 11.6 Å². The van der Waals surface area contributed by atoms with Gasteiger partial charge in [0.1, 0.15) is 17.3 Å². The maximum atomic E-state index is 15.2. The Labute approximate surface area is 240 Å². The smallest absolute Gasteiger partial charge is 0.229 e. The molecule has 216 valence electrons. The fraction of sp³-hybridized carbons (Fsp3) is 0.419. The SMILES string of the molecule is CCN1CCN(Cc2cc(Nc3ncc4ccn(-c5cc(F)c(CN6CCNCC6)c(F)c5)c4n3)ccc2C)CC1.